The van der Waals surface area contributed by atoms with Crippen LogP contribution >= 0.6 is 11.6 Å². The minimum Gasteiger partial charge on any atom is -0.480 e. The van der Waals surface area contributed by atoms with E-state index in [-0.39, 0.29) is 12.8 Å². The van der Waals surface area contributed by atoms with Crippen LogP contribution < -0.4 is 16.4 Å². The Morgan fingerprint density at radius 3 is 2.60 bits per heavy atom. The molecule has 0 bridgehead atoms. The van der Waals surface area contributed by atoms with Crippen LogP contribution in [0.4, 0.5) is 10.5 Å². The fraction of sp³-hybridized carbons (Fsp3) is 0.250. The van der Waals surface area contributed by atoms with E-state index < -0.39 is 23.9 Å². The summed E-state index contributed by atoms with van der Waals surface area (Å²) in [7, 11) is 0. The molecule has 3 amide bonds. The second-order valence-corrected chi connectivity index (χ2v) is 4.44. The Labute approximate surface area is 120 Å². The van der Waals surface area contributed by atoms with Crippen LogP contribution in [0.5, 0.6) is 0 Å². The molecule has 0 radical (unpaired) electrons. The highest BCUT2D eigenvalue weighted by molar-refractivity contribution is 6.30. The lowest BCUT2D eigenvalue weighted by Gasteiger charge is -2.14. The van der Waals surface area contributed by atoms with Crippen LogP contribution in [0, 0.1) is 0 Å². The van der Waals surface area contributed by atoms with Gasteiger partial charge in [-0.25, -0.2) is 9.59 Å². The normalized spacial score (nSPS) is 11.4. The third-order valence-corrected chi connectivity index (χ3v) is 2.60. The second-order valence-electron chi connectivity index (χ2n) is 4.00. The minimum atomic E-state index is -1.24. The van der Waals surface area contributed by atoms with Crippen molar-refractivity contribution >= 4 is 35.2 Å². The summed E-state index contributed by atoms with van der Waals surface area (Å²) in [5.41, 5.74) is 5.36. The van der Waals surface area contributed by atoms with Gasteiger partial charge in [-0.1, -0.05) is 17.7 Å². The zero-order chi connectivity index (χ0) is 15.1. The van der Waals surface area contributed by atoms with Gasteiger partial charge >= 0.3 is 12.0 Å². The number of anilines is 1. The molecule has 0 heterocycles. The van der Waals surface area contributed by atoms with Crippen molar-refractivity contribution in [3.05, 3.63) is 29.3 Å². The number of carboxylic acid groups (broad SMARTS) is 1. The first-order valence-electron chi connectivity index (χ1n) is 5.72. The number of rotatable bonds is 6. The molecule has 0 saturated carbocycles. The van der Waals surface area contributed by atoms with Gasteiger partial charge in [0.25, 0.3) is 0 Å². The van der Waals surface area contributed by atoms with Gasteiger partial charge in [-0.15, -0.1) is 0 Å². The molecule has 0 spiro atoms. The summed E-state index contributed by atoms with van der Waals surface area (Å²) in [6.45, 7) is 0. The molecular formula is C12H14ClN3O4. The number of hydrogen-bond acceptors (Lipinski definition) is 3. The average molecular weight is 300 g/mol. The standard InChI is InChI=1S/C12H14ClN3O4/c13-7-2-1-3-8(6-7)15-12(20)16-9(11(18)19)4-5-10(14)17/h1-3,6,9H,4-5H2,(H2,14,17)(H,18,19)(H2,15,16,20)/t9-/m0/s1. The van der Waals surface area contributed by atoms with Gasteiger partial charge in [-0.3, -0.25) is 4.79 Å². The Bertz CT molecular complexity index is 521. The molecule has 7 nitrogen and oxygen atoms in total. The van der Waals surface area contributed by atoms with Gasteiger partial charge in [-0.2, -0.15) is 0 Å². The number of nitrogens with one attached hydrogen (secondary N) is 2. The Morgan fingerprint density at radius 1 is 1.35 bits per heavy atom. The van der Waals surface area contributed by atoms with Gasteiger partial charge in [-0.05, 0) is 24.6 Å². The van der Waals surface area contributed by atoms with Crippen LogP contribution in [0.25, 0.3) is 0 Å². The lowest BCUT2D eigenvalue weighted by atomic mass is 10.1. The molecule has 0 aliphatic heterocycles. The first-order valence-corrected chi connectivity index (χ1v) is 6.10. The summed E-state index contributed by atoms with van der Waals surface area (Å²) in [5.74, 6) is -1.87. The molecule has 8 heteroatoms. The van der Waals surface area contributed by atoms with E-state index >= 15 is 0 Å². The van der Waals surface area contributed by atoms with Crippen molar-refractivity contribution in [3.63, 3.8) is 0 Å². The molecule has 0 aliphatic rings. The molecule has 0 aliphatic carbocycles. The van der Waals surface area contributed by atoms with E-state index in [0.29, 0.717) is 10.7 Å². The molecule has 5 N–H and O–H groups in total. The smallest absolute Gasteiger partial charge is 0.326 e. The fourth-order valence-electron chi connectivity index (χ4n) is 1.44. The highest BCUT2D eigenvalue weighted by Gasteiger charge is 2.20. The maximum Gasteiger partial charge on any atom is 0.326 e. The van der Waals surface area contributed by atoms with E-state index in [1.807, 2.05) is 0 Å². The number of primary amides is 1. The topological polar surface area (TPSA) is 122 Å². The third-order valence-electron chi connectivity index (χ3n) is 2.37. The summed E-state index contributed by atoms with van der Waals surface area (Å²) < 4.78 is 0. The summed E-state index contributed by atoms with van der Waals surface area (Å²) in [6.07, 6.45) is -0.206. The number of hydrogen-bond donors (Lipinski definition) is 4. The zero-order valence-corrected chi connectivity index (χ0v) is 11.2. The number of carbonyl (C=O) groups excluding carboxylic acids is 2. The Kier molecular flexibility index (Phi) is 5.79. The van der Waals surface area contributed by atoms with E-state index in [1.54, 1.807) is 18.2 Å². The number of benzene rings is 1. The van der Waals surface area contributed by atoms with Crippen molar-refractivity contribution in [2.75, 3.05) is 5.32 Å². The van der Waals surface area contributed by atoms with Crippen LogP contribution in [-0.4, -0.2) is 29.1 Å². The molecule has 0 fully saturated rings. The SMILES string of the molecule is NC(=O)CC[C@H](NC(=O)Nc1cccc(Cl)c1)C(=O)O. The summed E-state index contributed by atoms with van der Waals surface area (Å²) in [6, 6.07) is 4.49. The van der Waals surface area contributed by atoms with Gasteiger partial charge in [0.1, 0.15) is 6.04 Å². The number of amides is 3. The van der Waals surface area contributed by atoms with E-state index in [4.69, 9.17) is 22.4 Å². The van der Waals surface area contributed by atoms with Crippen molar-refractivity contribution in [2.24, 2.45) is 5.73 Å². The lowest BCUT2D eigenvalue weighted by molar-refractivity contribution is -0.139. The van der Waals surface area contributed by atoms with Crippen molar-refractivity contribution in [1.29, 1.82) is 0 Å². The second kappa shape index (κ2) is 7.34. The molecule has 108 valence electrons. The molecule has 1 rings (SSSR count). The van der Waals surface area contributed by atoms with Gasteiger partial charge in [0.15, 0.2) is 0 Å². The van der Waals surface area contributed by atoms with E-state index in [0.717, 1.165) is 0 Å². The van der Waals surface area contributed by atoms with Crippen molar-refractivity contribution < 1.29 is 19.5 Å². The van der Waals surface area contributed by atoms with E-state index in [2.05, 4.69) is 10.6 Å². The molecular weight excluding hydrogens is 286 g/mol. The monoisotopic (exact) mass is 299 g/mol. The van der Waals surface area contributed by atoms with Crippen LogP contribution in [0.3, 0.4) is 0 Å². The molecule has 0 unspecified atom stereocenters. The highest BCUT2D eigenvalue weighted by atomic mass is 35.5. The van der Waals surface area contributed by atoms with Gasteiger partial charge in [0, 0.05) is 17.1 Å². The predicted molar refractivity (Wildman–Crippen MR) is 73.5 cm³/mol. The Morgan fingerprint density at radius 2 is 2.05 bits per heavy atom. The lowest BCUT2D eigenvalue weighted by Crippen LogP contribution is -2.43. The van der Waals surface area contributed by atoms with Crippen LogP contribution in [-0.2, 0) is 9.59 Å². The number of aliphatic carboxylic acids is 1. The quantitative estimate of drug-likeness (QED) is 0.630. The molecule has 20 heavy (non-hydrogen) atoms. The first kappa shape index (κ1) is 15.8. The van der Waals surface area contributed by atoms with Gasteiger partial charge in [0.2, 0.25) is 5.91 Å². The molecule has 1 atom stereocenters. The van der Waals surface area contributed by atoms with Crippen molar-refractivity contribution in [3.8, 4) is 0 Å². The largest absolute Gasteiger partial charge is 0.480 e. The summed E-state index contributed by atoms with van der Waals surface area (Å²) in [4.78, 5) is 33.2. The Hall–Kier alpha value is -2.28. The highest BCUT2D eigenvalue weighted by Crippen LogP contribution is 2.14. The predicted octanol–water partition coefficient (Wildman–Crippen LogP) is 1.18. The fourth-order valence-corrected chi connectivity index (χ4v) is 1.63. The number of carboxylic acids is 1. The maximum absolute atomic E-state index is 11.6. The average Bonchev–Trinajstić information content (AvgIpc) is 2.33. The van der Waals surface area contributed by atoms with Gasteiger partial charge < -0.3 is 21.5 Å². The van der Waals surface area contributed by atoms with Gasteiger partial charge in [0.05, 0.1) is 0 Å². The molecule has 1 aromatic carbocycles. The number of urea groups is 1. The van der Waals surface area contributed by atoms with Crippen molar-refractivity contribution in [2.45, 2.75) is 18.9 Å². The zero-order valence-electron chi connectivity index (χ0n) is 10.4. The van der Waals surface area contributed by atoms with Crippen LogP contribution in [0.1, 0.15) is 12.8 Å². The van der Waals surface area contributed by atoms with Crippen LogP contribution in [0.2, 0.25) is 5.02 Å². The Balaban J connectivity index is 2.57. The number of nitrogens with two attached hydrogens (primary N) is 1. The number of carbonyl (C=O) groups is 3. The first-order chi connectivity index (χ1) is 9.38. The molecule has 1 aromatic rings. The number of halogens is 1. The van der Waals surface area contributed by atoms with E-state index in [1.165, 1.54) is 6.07 Å². The van der Waals surface area contributed by atoms with E-state index in [9.17, 15) is 14.4 Å². The minimum absolute atomic E-state index is 0.0758. The molecule has 0 saturated heterocycles. The third kappa shape index (κ3) is 5.57. The summed E-state index contributed by atoms with van der Waals surface area (Å²) in [5, 5.41) is 14.0. The van der Waals surface area contributed by atoms with Crippen LogP contribution in [0.15, 0.2) is 24.3 Å². The summed E-state index contributed by atoms with van der Waals surface area (Å²) >= 11 is 5.75. The van der Waals surface area contributed by atoms with Crippen molar-refractivity contribution in [1.82, 2.24) is 5.32 Å². The maximum atomic E-state index is 11.6. The molecule has 0 aromatic heterocycles.